The van der Waals surface area contributed by atoms with Crippen LogP contribution in [0.5, 0.6) is 0 Å². The summed E-state index contributed by atoms with van der Waals surface area (Å²) < 4.78 is 12.9. The average molecular weight is 195 g/mol. The van der Waals surface area contributed by atoms with Crippen molar-refractivity contribution in [1.29, 1.82) is 0 Å². The Hall–Kier alpha value is -1.91. The van der Waals surface area contributed by atoms with Gasteiger partial charge in [0.25, 0.3) is 0 Å². The number of carbonyl (C=O) groups is 1. The molecule has 0 atom stereocenters. The number of aromatic nitrogens is 1. The molecule has 1 aromatic heterocycles. The van der Waals surface area contributed by atoms with Crippen molar-refractivity contribution in [2.24, 2.45) is 5.73 Å². The Morgan fingerprint density at radius 1 is 1.64 bits per heavy atom. The molecule has 0 bridgehead atoms. The van der Waals surface area contributed by atoms with Crippen LogP contribution < -0.4 is 11.5 Å². The number of amides is 1. The van der Waals surface area contributed by atoms with Crippen molar-refractivity contribution in [3.8, 4) is 0 Å². The van der Waals surface area contributed by atoms with E-state index in [1.165, 1.54) is 18.3 Å². The summed E-state index contributed by atoms with van der Waals surface area (Å²) in [7, 11) is 0. The van der Waals surface area contributed by atoms with Gasteiger partial charge in [-0.15, -0.1) is 0 Å². The third-order valence-corrected chi connectivity index (χ3v) is 1.52. The summed E-state index contributed by atoms with van der Waals surface area (Å²) in [5.74, 6) is -1.16. The summed E-state index contributed by atoms with van der Waals surface area (Å²) in [4.78, 5) is 14.0. The Kier molecular flexibility index (Phi) is 3.17. The maximum Gasteiger partial charge on any atom is 0.221 e. The van der Waals surface area contributed by atoms with Gasteiger partial charge in [0.05, 0.1) is 0 Å². The summed E-state index contributed by atoms with van der Waals surface area (Å²) in [5, 5.41) is 0. The third kappa shape index (κ3) is 2.85. The smallest absolute Gasteiger partial charge is 0.221 e. The molecule has 0 radical (unpaired) electrons. The summed E-state index contributed by atoms with van der Waals surface area (Å²) in [6.07, 6.45) is 4.62. The number of nitrogens with zero attached hydrogens (tertiary/aromatic N) is 1. The Labute approximate surface area is 80.4 Å². The quantitative estimate of drug-likeness (QED) is 0.744. The molecule has 0 aliphatic carbocycles. The molecule has 0 fully saturated rings. The second-order valence-electron chi connectivity index (χ2n) is 2.71. The lowest BCUT2D eigenvalue weighted by Crippen LogP contribution is -2.07. The van der Waals surface area contributed by atoms with Crippen LogP contribution in [-0.2, 0) is 4.79 Å². The fraction of sp³-hybridized carbons (Fsp3) is 0.111. The van der Waals surface area contributed by atoms with Gasteiger partial charge in [-0.3, -0.25) is 4.79 Å². The van der Waals surface area contributed by atoms with Crippen molar-refractivity contribution < 1.29 is 9.18 Å². The maximum absolute atomic E-state index is 12.9. The van der Waals surface area contributed by atoms with Crippen LogP contribution in [0.1, 0.15) is 12.0 Å². The Bertz CT molecular complexity index is 376. The fourth-order valence-corrected chi connectivity index (χ4v) is 0.866. The second kappa shape index (κ2) is 4.36. The second-order valence-corrected chi connectivity index (χ2v) is 2.71. The van der Waals surface area contributed by atoms with Crippen LogP contribution in [0.15, 0.2) is 18.3 Å². The zero-order chi connectivity index (χ0) is 10.6. The summed E-state index contributed by atoms with van der Waals surface area (Å²) >= 11 is 0. The lowest BCUT2D eigenvalue weighted by atomic mass is 10.2. The number of halogens is 1. The van der Waals surface area contributed by atoms with E-state index in [9.17, 15) is 9.18 Å². The molecule has 1 aromatic rings. The molecule has 0 aliphatic heterocycles. The van der Waals surface area contributed by atoms with Gasteiger partial charge in [0.1, 0.15) is 0 Å². The number of anilines is 1. The van der Waals surface area contributed by atoms with Gasteiger partial charge in [0.2, 0.25) is 5.91 Å². The number of rotatable bonds is 3. The zero-order valence-electron chi connectivity index (χ0n) is 7.40. The van der Waals surface area contributed by atoms with Crippen LogP contribution in [0, 0.1) is 5.82 Å². The highest BCUT2D eigenvalue weighted by Gasteiger charge is 1.98. The predicted molar refractivity (Wildman–Crippen MR) is 51.5 cm³/mol. The van der Waals surface area contributed by atoms with Gasteiger partial charge in [-0.05, 0) is 11.6 Å². The number of nitrogen functional groups attached to an aromatic ring is 1. The number of pyridine rings is 1. The van der Waals surface area contributed by atoms with E-state index in [1.807, 2.05) is 0 Å². The molecular formula is C9H10FN3O. The minimum Gasteiger partial charge on any atom is -0.381 e. The van der Waals surface area contributed by atoms with Gasteiger partial charge in [-0.1, -0.05) is 12.2 Å². The van der Waals surface area contributed by atoms with Crippen LogP contribution in [0.3, 0.4) is 0 Å². The standard InChI is InChI=1S/C9H10FN3O/c10-7-4-6(5-13-9(7)12)2-1-3-8(11)14/h1-2,4-5H,3H2,(H2,11,14)(H2,12,13). The number of carbonyl (C=O) groups excluding carboxylic acids is 1. The lowest BCUT2D eigenvalue weighted by molar-refractivity contribution is -0.117. The van der Waals surface area contributed by atoms with Gasteiger partial charge in [0, 0.05) is 12.6 Å². The molecule has 4 nitrogen and oxygen atoms in total. The van der Waals surface area contributed by atoms with E-state index in [0.29, 0.717) is 5.56 Å². The number of hydrogen-bond donors (Lipinski definition) is 2. The first kappa shape index (κ1) is 10.2. The monoisotopic (exact) mass is 195 g/mol. The Morgan fingerprint density at radius 2 is 2.36 bits per heavy atom. The molecule has 0 saturated carbocycles. The molecular weight excluding hydrogens is 185 g/mol. The molecule has 0 spiro atoms. The van der Waals surface area contributed by atoms with E-state index in [-0.39, 0.29) is 12.2 Å². The van der Waals surface area contributed by atoms with E-state index in [1.54, 1.807) is 6.08 Å². The van der Waals surface area contributed by atoms with Gasteiger partial charge in [0.15, 0.2) is 11.6 Å². The largest absolute Gasteiger partial charge is 0.381 e. The van der Waals surface area contributed by atoms with Crippen molar-refractivity contribution in [3.63, 3.8) is 0 Å². The molecule has 74 valence electrons. The van der Waals surface area contributed by atoms with Crippen LogP contribution in [0.25, 0.3) is 6.08 Å². The molecule has 0 saturated heterocycles. The first-order chi connectivity index (χ1) is 6.59. The zero-order valence-corrected chi connectivity index (χ0v) is 7.40. The fourth-order valence-electron chi connectivity index (χ4n) is 0.866. The number of primary amides is 1. The van der Waals surface area contributed by atoms with Crippen molar-refractivity contribution in [3.05, 3.63) is 29.7 Å². The van der Waals surface area contributed by atoms with Gasteiger partial charge >= 0.3 is 0 Å². The van der Waals surface area contributed by atoms with Crippen molar-refractivity contribution in [2.75, 3.05) is 5.73 Å². The minimum absolute atomic E-state index is 0.117. The molecule has 0 aromatic carbocycles. The molecule has 1 amide bonds. The molecule has 1 rings (SSSR count). The average Bonchev–Trinajstić information content (AvgIpc) is 2.10. The highest BCUT2D eigenvalue weighted by atomic mass is 19.1. The first-order valence-corrected chi connectivity index (χ1v) is 3.95. The molecule has 1 heterocycles. The van der Waals surface area contributed by atoms with Gasteiger partial charge in [-0.2, -0.15) is 0 Å². The van der Waals surface area contributed by atoms with Crippen LogP contribution in [-0.4, -0.2) is 10.9 Å². The van der Waals surface area contributed by atoms with E-state index < -0.39 is 11.7 Å². The summed E-state index contributed by atoms with van der Waals surface area (Å²) in [6.45, 7) is 0. The lowest BCUT2D eigenvalue weighted by Gasteiger charge is -1.96. The van der Waals surface area contributed by atoms with Crippen LogP contribution >= 0.6 is 0 Å². The molecule has 14 heavy (non-hydrogen) atoms. The Morgan fingerprint density at radius 3 is 2.93 bits per heavy atom. The normalized spacial score (nSPS) is 10.6. The van der Waals surface area contributed by atoms with E-state index >= 15 is 0 Å². The highest BCUT2D eigenvalue weighted by molar-refractivity contribution is 5.76. The topological polar surface area (TPSA) is 82.0 Å². The minimum atomic E-state index is -0.578. The van der Waals surface area contributed by atoms with E-state index in [0.717, 1.165) is 0 Å². The predicted octanol–water partition coefficient (Wildman–Crippen LogP) is 0.692. The number of nitrogens with two attached hydrogens (primary N) is 2. The third-order valence-electron chi connectivity index (χ3n) is 1.52. The van der Waals surface area contributed by atoms with Gasteiger partial charge in [-0.25, -0.2) is 9.37 Å². The summed E-state index contributed by atoms with van der Waals surface area (Å²) in [6, 6.07) is 1.24. The van der Waals surface area contributed by atoms with E-state index in [4.69, 9.17) is 11.5 Å². The first-order valence-electron chi connectivity index (χ1n) is 3.95. The molecule has 0 unspecified atom stereocenters. The van der Waals surface area contributed by atoms with Crippen molar-refractivity contribution in [2.45, 2.75) is 6.42 Å². The highest BCUT2D eigenvalue weighted by Crippen LogP contribution is 2.09. The van der Waals surface area contributed by atoms with Crippen LogP contribution in [0.2, 0.25) is 0 Å². The maximum atomic E-state index is 12.9. The molecule has 5 heteroatoms. The Balaban J connectivity index is 2.73. The van der Waals surface area contributed by atoms with Crippen molar-refractivity contribution in [1.82, 2.24) is 4.98 Å². The van der Waals surface area contributed by atoms with Crippen molar-refractivity contribution >= 4 is 17.8 Å². The summed E-state index contributed by atoms with van der Waals surface area (Å²) in [5.41, 5.74) is 10.6. The molecule has 0 aliphatic rings. The van der Waals surface area contributed by atoms with E-state index in [2.05, 4.69) is 4.98 Å². The SMILES string of the molecule is NC(=O)CC=Cc1cnc(N)c(F)c1. The molecule has 4 N–H and O–H groups in total. The van der Waals surface area contributed by atoms with Crippen LogP contribution in [0.4, 0.5) is 10.2 Å². The van der Waals surface area contributed by atoms with Gasteiger partial charge < -0.3 is 11.5 Å². The number of hydrogen-bond acceptors (Lipinski definition) is 3.